The van der Waals surface area contributed by atoms with E-state index in [9.17, 15) is 0 Å². The first-order chi connectivity index (χ1) is 7.86. The zero-order chi connectivity index (χ0) is 11.2. The molecule has 2 rings (SSSR count). The molecular weight excluding hydrogens is 196 g/mol. The lowest BCUT2D eigenvalue weighted by Gasteiger charge is -2.27. The quantitative estimate of drug-likeness (QED) is 0.829. The minimum atomic E-state index is 1.16. The number of nitrogens with one attached hydrogen (secondary N) is 1. The highest BCUT2D eigenvalue weighted by Gasteiger charge is 2.08. The summed E-state index contributed by atoms with van der Waals surface area (Å²) >= 11 is 0. The molecule has 1 aromatic carbocycles. The fourth-order valence-corrected chi connectivity index (χ4v) is 2.32. The molecule has 1 aromatic rings. The van der Waals surface area contributed by atoms with Crippen LogP contribution in [-0.2, 0) is 6.42 Å². The van der Waals surface area contributed by atoms with Crippen molar-refractivity contribution in [1.82, 2.24) is 10.2 Å². The summed E-state index contributed by atoms with van der Waals surface area (Å²) in [5.74, 6) is 0. The van der Waals surface area contributed by atoms with Crippen molar-refractivity contribution in [3.63, 3.8) is 0 Å². The predicted molar refractivity (Wildman–Crippen MR) is 68.8 cm³/mol. The fraction of sp³-hybridized carbons (Fsp3) is 0.571. The van der Waals surface area contributed by atoms with Gasteiger partial charge in [0.05, 0.1) is 0 Å². The van der Waals surface area contributed by atoms with Crippen LogP contribution in [0.25, 0.3) is 0 Å². The average Bonchev–Trinajstić information content (AvgIpc) is 2.33. The molecule has 0 saturated carbocycles. The molecule has 0 aliphatic carbocycles. The smallest absolute Gasteiger partial charge is 0.0107 e. The maximum atomic E-state index is 3.39. The van der Waals surface area contributed by atoms with Crippen molar-refractivity contribution in [3.8, 4) is 0 Å². The Morgan fingerprint density at radius 3 is 2.69 bits per heavy atom. The van der Waals surface area contributed by atoms with Crippen LogP contribution in [0.4, 0.5) is 0 Å². The van der Waals surface area contributed by atoms with Crippen LogP contribution in [0.5, 0.6) is 0 Å². The Morgan fingerprint density at radius 2 is 1.94 bits per heavy atom. The summed E-state index contributed by atoms with van der Waals surface area (Å²) in [4.78, 5) is 2.56. The molecule has 0 unspecified atom stereocenters. The van der Waals surface area contributed by atoms with Gasteiger partial charge in [-0.15, -0.1) is 0 Å². The van der Waals surface area contributed by atoms with E-state index >= 15 is 0 Å². The average molecular weight is 218 g/mol. The van der Waals surface area contributed by atoms with Crippen molar-refractivity contribution >= 4 is 0 Å². The molecule has 0 atom stereocenters. The van der Waals surface area contributed by atoms with Gasteiger partial charge in [0.25, 0.3) is 0 Å². The van der Waals surface area contributed by atoms with E-state index in [-0.39, 0.29) is 0 Å². The second kappa shape index (κ2) is 6.02. The Balaban J connectivity index is 1.73. The maximum Gasteiger partial charge on any atom is 0.0107 e. The highest BCUT2D eigenvalue weighted by atomic mass is 15.2. The van der Waals surface area contributed by atoms with E-state index in [2.05, 4.69) is 41.4 Å². The monoisotopic (exact) mass is 218 g/mol. The summed E-state index contributed by atoms with van der Waals surface area (Å²) in [6.45, 7) is 8.20. The molecule has 0 amide bonds. The standard InChI is InChI=1S/C14H22N2/c1-13-5-2-3-6-14(13)7-4-10-16-11-8-15-9-12-16/h2-3,5-6,15H,4,7-12H2,1H3. The van der Waals surface area contributed by atoms with Gasteiger partial charge in [-0.05, 0) is 37.4 Å². The van der Waals surface area contributed by atoms with Crippen molar-refractivity contribution in [3.05, 3.63) is 35.4 Å². The Morgan fingerprint density at radius 1 is 1.19 bits per heavy atom. The Kier molecular flexibility index (Phi) is 4.37. The van der Waals surface area contributed by atoms with E-state index in [1.807, 2.05) is 0 Å². The molecule has 1 aliphatic heterocycles. The minimum Gasteiger partial charge on any atom is -0.314 e. The summed E-state index contributed by atoms with van der Waals surface area (Å²) in [6, 6.07) is 8.73. The van der Waals surface area contributed by atoms with Gasteiger partial charge in [0, 0.05) is 26.2 Å². The highest BCUT2D eigenvalue weighted by Crippen LogP contribution is 2.09. The van der Waals surface area contributed by atoms with Gasteiger partial charge in [-0.3, -0.25) is 0 Å². The first kappa shape index (κ1) is 11.6. The third kappa shape index (κ3) is 3.32. The minimum absolute atomic E-state index is 1.16. The number of piperazine rings is 1. The molecule has 1 heterocycles. The number of rotatable bonds is 4. The van der Waals surface area contributed by atoms with Crippen molar-refractivity contribution in [1.29, 1.82) is 0 Å². The van der Waals surface area contributed by atoms with Gasteiger partial charge in [-0.1, -0.05) is 24.3 Å². The Hall–Kier alpha value is -0.860. The molecule has 2 nitrogen and oxygen atoms in total. The van der Waals surface area contributed by atoms with Crippen LogP contribution in [-0.4, -0.2) is 37.6 Å². The highest BCUT2D eigenvalue weighted by molar-refractivity contribution is 5.25. The Labute approximate surface area is 98.7 Å². The lowest BCUT2D eigenvalue weighted by molar-refractivity contribution is 0.238. The summed E-state index contributed by atoms with van der Waals surface area (Å²) in [5, 5.41) is 3.39. The molecule has 0 aromatic heterocycles. The first-order valence-electron chi connectivity index (χ1n) is 6.34. The lowest BCUT2D eigenvalue weighted by atomic mass is 10.0. The van der Waals surface area contributed by atoms with Crippen molar-refractivity contribution < 1.29 is 0 Å². The molecule has 2 heteroatoms. The third-order valence-electron chi connectivity index (χ3n) is 3.39. The van der Waals surface area contributed by atoms with E-state index in [0.717, 1.165) is 13.1 Å². The molecule has 0 bridgehead atoms. The topological polar surface area (TPSA) is 15.3 Å². The third-order valence-corrected chi connectivity index (χ3v) is 3.39. The molecule has 1 fully saturated rings. The van der Waals surface area contributed by atoms with Crippen molar-refractivity contribution in [2.75, 3.05) is 32.7 Å². The summed E-state index contributed by atoms with van der Waals surface area (Å²) in [7, 11) is 0. The second-order valence-corrected chi connectivity index (χ2v) is 4.62. The molecule has 0 radical (unpaired) electrons. The van der Waals surface area contributed by atoms with Gasteiger partial charge >= 0.3 is 0 Å². The van der Waals surface area contributed by atoms with Crippen LogP contribution in [0.2, 0.25) is 0 Å². The van der Waals surface area contributed by atoms with Gasteiger partial charge in [0.15, 0.2) is 0 Å². The SMILES string of the molecule is Cc1ccccc1CCCN1CCNCC1. The van der Waals surface area contributed by atoms with Gasteiger partial charge in [0.1, 0.15) is 0 Å². The van der Waals surface area contributed by atoms with Gasteiger partial charge in [0.2, 0.25) is 0 Å². The molecule has 0 spiro atoms. The Bertz CT molecular complexity index is 316. The fourth-order valence-electron chi connectivity index (χ4n) is 2.32. The molecule has 1 saturated heterocycles. The number of nitrogens with zero attached hydrogens (tertiary/aromatic N) is 1. The van der Waals surface area contributed by atoms with Crippen LogP contribution in [0.3, 0.4) is 0 Å². The van der Waals surface area contributed by atoms with E-state index in [4.69, 9.17) is 0 Å². The molecule has 16 heavy (non-hydrogen) atoms. The number of benzene rings is 1. The van der Waals surface area contributed by atoms with Crippen LogP contribution in [0.1, 0.15) is 17.5 Å². The van der Waals surface area contributed by atoms with E-state index in [0.29, 0.717) is 0 Å². The van der Waals surface area contributed by atoms with Crippen LogP contribution >= 0.6 is 0 Å². The zero-order valence-corrected chi connectivity index (χ0v) is 10.2. The summed E-state index contributed by atoms with van der Waals surface area (Å²) < 4.78 is 0. The van der Waals surface area contributed by atoms with Gasteiger partial charge < -0.3 is 10.2 Å². The van der Waals surface area contributed by atoms with Crippen LogP contribution in [0.15, 0.2) is 24.3 Å². The van der Waals surface area contributed by atoms with E-state index in [1.54, 1.807) is 0 Å². The predicted octanol–water partition coefficient (Wildman–Crippen LogP) is 1.83. The summed E-state index contributed by atoms with van der Waals surface area (Å²) in [6.07, 6.45) is 2.50. The zero-order valence-electron chi connectivity index (χ0n) is 10.2. The molecule has 1 aliphatic rings. The number of aryl methyl sites for hydroxylation is 2. The largest absolute Gasteiger partial charge is 0.314 e. The lowest BCUT2D eigenvalue weighted by Crippen LogP contribution is -2.43. The molecular formula is C14H22N2. The second-order valence-electron chi connectivity index (χ2n) is 4.62. The first-order valence-corrected chi connectivity index (χ1v) is 6.34. The van der Waals surface area contributed by atoms with Crippen molar-refractivity contribution in [2.24, 2.45) is 0 Å². The van der Waals surface area contributed by atoms with E-state index < -0.39 is 0 Å². The summed E-state index contributed by atoms with van der Waals surface area (Å²) in [5.41, 5.74) is 2.94. The normalized spacial score (nSPS) is 17.6. The van der Waals surface area contributed by atoms with Crippen molar-refractivity contribution in [2.45, 2.75) is 19.8 Å². The van der Waals surface area contributed by atoms with Gasteiger partial charge in [-0.25, -0.2) is 0 Å². The van der Waals surface area contributed by atoms with Crippen LogP contribution in [0, 0.1) is 6.92 Å². The van der Waals surface area contributed by atoms with Crippen LogP contribution < -0.4 is 5.32 Å². The van der Waals surface area contributed by atoms with Gasteiger partial charge in [-0.2, -0.15) is 0 Å². The van der Waals surface area contributed by atoms with E-state index in [1.165, 1.54) is 43.6 Å². The maximum absolute atomic E-state index is 3.39. The number of hydrogen-bond acceptors (Lipinski definition) is 2. The number of hydrogen-bond donors (Lipinski definition) is 1. The molecule has 1 N–H and O–H groups in total. The molecule has 88 valence electrons.